The minimum absolute atomic E-state index is 0.00781. The van der Waals surface area contributed by atoms with Crippen molar-refractivity contribution in [3.63, 3.8) is 0 Å². The maximum Gasteiger partial charge on any atom is 0.263 e. The van der Waals surface area contributed by atoms with Gasteiger partial charge in [0.2, 0.25) is 11.9 Å². The van der Waals surface area contributed by atoms with E-state index in [0.717, 1.165) is 34.4 Å². The highest BCUT2D eigenvalue weighted by Crippen LogP contribution is 2.28. The van der Waals surface area contributed by atoms with Crippen molar-refractivity contribution in [2.75, 3.05) is 22.6 Å². The van der Waals surface area contributed by atoms with Crippen LogP contribution in [0.4, 0.5) is 37.9 Å². The molecule has 0 saturated carbocycles. The fourth-order valence-electron chi connectivity index (χ4n) is 4.71. The van der Waals surface area contributed by atoms with E-state index in [1.165, 1.54) is 12.3 Å². The molecular weight excluding hydrogens is 558 g/mol. The Morgan fingerprint density at radius 2 is 1.81 bits per heavy atom. The quantitative estimate of drug-likeness (QED) is 0.211. The van der Waals surface area contributed by atoms with Crippen LogP contribution in [0.2, 0.25) is 0 Å². The molecule has 6 rings (SSSR count). The third kappa shape index (κ3) is 5.05. The van der Waals surface area contributed by atoms with Crippen LogP contribution >= 0.6 is 0 Å². The summed E-state index contributed by atoms with van der Waals surface area (Å²) in [6, 6.07) is 14.1. The number of nitrogens with zero attached hydrogens (tertiary/aromatic N) is 6. The molecule has 216 valence electrons. The number of benzene rings is 3. The van der Waals surface area contributed by atoms with E-state index >= 15 is 8.78 Å². The van der Waals surface area contributed by atoms with Crippen LogP contribution in [-0.2, 0) is 7.05 Å². The summed E-state index contributed by atoms with van der Waals surface area (Å²) in [5.74, 6) is -3.54. The summed E-state index contributed by atoms with van der Waals surface area (Å²) in [4.78, 5) is 41.8. The number of aromatic nitrogens is 6. The summed E-state index contributed by atoms with van der Waals surface area (Å²) >= 11 is 0. The molecule has 0 spiro atoms. The Morgan fingerprint density at radius 3 is 2.56 bits per heavy atom. The van der Waals surface area contributed by atoms with Crippen molar-refractivity contribution in [1.82, 2.24) is 29.7 Å². The number of nitrogens with two attached hydrogens (primary N) is 1. The molecule has 2 amide bonds. The highest BCUT2D eigenvalue weighted by atomic mass is 19.1. The second-order valence-corrected chi connectivity index (χ2v) is 9.75. The topological polar surface area (TPSA) is 160 Å². The third-order valence-corrected chi connectivity index (χ3v) is 7.02. The number of rotatable bonds is 7. The van der Waals surface area contributed by atoms with Gasteiger partial charge >= 0.3 is 0 Å². The van der Waals surface area contributed by atoms with E-state index in [2.05, 4.69) is 35.7 Å². The van der Waals surface area contributed by atoms with Gasteiger partial charge in [-0.15, -0.1) is 0 Å². The second kappa shape index (κ2) is 10.5. The highest BCUT2D eigenvalue weighted by Gasteiger charge is 2.21. The van der Waals surface area contributed by atoms with Gasteiger partial charge in [0.25, 0.3) is 11.8 Å². The molecule has 0 atom stereocenters. The Hall–Kier alpha value is -5.92. The van der Waals surface area contributed by atoms with E-state index in [1.807, 2.05) is 48.8 Å². The Labute approximate surface area is 242 Å². The molecule has 12 nitrogen and oxygen atoms in total. The van der Waals surface area contributed by atoms with Crippen LogP contribution in [0.15, 0.2) is 60.8 Å². The molecule has 0 aliphatic rings. The van der Waals surface area contributed by atoms with Crippen molar-refractivity contribution in [2.24, 2.45) is 12.8 Å². The number of anilines is 5. The molecule has 5 N–H and O–H groups in total. The molecule has 3 aromatic heterocycles. The molecule has 43 heavy (non-hydrogen) atoms. The smallest absolute Gasteiger partial charge is 0.263 e. The molecule has 3 aromatic carbocycles. The second-order valence-electron chi connectivity index (χ2n) is 9.75. The predicted octanol–water partition coefficient (Wildman–Crippen LogP) is 4.69. The summed E-state index contributed by atoms with van der Waals surface area (Å²) in [5.41, 5.74) is 8.00. The lowest BCUT2D eigenvalue weighted by Gasteiger charge is -2.19. The van der Waals surface area contributed by atoms with Crippen LogP contribution in [0.25, 0.3) is 21.9 Å². The van der Waals surface area contributed by atoms with Crippen LogP contribution in [0, 0.1) is 18.6 Å². The first-order chi connectivity index (χ1) is 20.6. The minimum atomic E-state index is -1.12. The van der Waals surface area contributed by atoms with Crippen LogP contribution in [-0.4, -0.2) is 48.6 Å². The zero-order chi connectivity index (χ0) is 30.4. The fraction of sp³-hybridized carbons (Fsp3) is 0.103. The number of H-pyrrole nitrogens is 1. The first-order valence-corrected chi connectivity index (χ1v) is 12.9. The van der Waals surface area contributed by atoms with Crippen molar-refractivity contribution in [1.29, 1.82) is 0 Å². The van der Waals surface area contributed by atoms with Gasteiger partial charge < -0.3 is 20.9 Å². The molecule has 0 fully saturated rings. The Morgan fingerprint density at radius 1 is 1.05 bits per heavy atom. The van der Waals surface area contributed by atoms with Gasteiger partial charge in [-0.05, 0) is 55.5 Å². The molecule has 0 unspecified atom stereocenters. The molecule has 3 heterocycles. The fourth-order valence-corrected chi connectivity index (χ4v) is 4.71. The van der Waals surface area contributed by atoms with E-state index in [9.17, 15) is 9.59 Å². The number of primary amides is 1. The molecule has 0 radical (unpaired) electrons. The zero-order valence-electron chi connectivity index (χ0n) is 23.1. The number of halogens is 2. The number of carbonyl (C=O) groups excluding carboxylic acids is 2. The number of fused-ring (bicyclic) bond motifs is 2. The Kier molecular flexibility index (Phi) is 6.65. The normalized spacial score (nSPS) is 11.2. The van der Waals surface area contributed by atoms with Gasteiger partial charge in [0.1, 0.15) is 28.5 Å². The van der Waals surface area contributed by atoms with Crippen LogP contribution < -0.4 is 21.3 Å². The highest BCUT2D eigenvalue weighted by molar-refractivity contribution is 6.07. The van der Waals surface area contributed by atoms with Gasteiger partial charge in [0, 0.05) is 42.7 Å². The monoisotopic (exact) mass is 582 g/mol. The number of nitrogens with one attached hydrogen (secondary N) is 3. The van der Waals surface area contributed by atoms with Gasteiger partial charge in [-0.1, -0.05) is 6.07 Å². The summed E-state index contributed by atoms with van der Waals surface area (Å²) in [6.07, 6.45) is 1.51. The number of hydrogen-bond acceptors (Lipinski definition) is 8. The van der Waals surface area contributed by atoms with E-state index < -0.39 is 29.0 Å². The Bertz CT molecular complexity index is 2050. The van der Waals surface area contributed by atoms with E-state index in [1.54, 1.807) is 18.2 Å². The number of para-hydroxylation sites is 1. The molecular formula is C29H24F2N10O2. The largest absolute Gasteiger partial charge is 0.366 e. The lowest BCUT2D eigenvalue weighted by atomic mass is 10.1. The Balaban J connectivity index is 1.21. The van der Waals surface area contributed by atoms with Crippen molar-refractivity contribution >= 4 is 62.8 Å². The maximum absolute atomic E-state index is 15.0. The van der Waals surface area contributed by atoms with Crippen LogP contribution in [0.1, 0.15) is 26.4 Å². The molecule has 0 aliphatic heterocycles. The summed E-state index contributed by atoms with van der Waals surface area (Å²) in [7, 11) is 3.71. The first kappa shape index (κ1) is 27.3. The SMILES string of the molecule is Cc1c2ccc(N(C)c3ccnc(Nc4cc(F)c(C(=O)Nc5nc6c(C(N)=O)cccc6[nH]5)c(F)c4)n3)cc2nn1C. The van der Waals surface area contributed by atoms with Crippen molar-refractivity contribution < 1.29 is 18.4 Å². The van der Waals surface area contributed by atoms with Crippen molar-refractivity contribution in [3.05, 3.63) is 89.2 Å². The summed E-state index contributed by atoms with van der Waals surface area (Å²) in [5, 5.41) is 10.7. The number of carbonyl (C=O) groups is 2. The standard InChI is InChI=1S/C29H24F2N10O2/c1-14-17-8-7-16(13-22(17)39-41(14)3)40(2)23-9-10-33-28(36-23)34-15-11-19(30)24(20(31)12-15)27(43)38-29-35-21-6-4-5-18(26(32)42)25(21)37-29/h4-13H,1-3H3,(H2,32,42)(H,33,34,36)(H2,35,37,38,43). The number of hydrogen-bond donors (Lipinski definition) is 4. The lowest BCUT2D eigenvalue weighted by Crippen LogP contribution is -2.17. The molecule has 0 saturated heterocycles. The van der Waals surface area contributed by atoms with Gasteiger partial charge in [-0.2, -0.15) is 10.1 Å². The average molecular weight is 583 g/mol. The van der Waals surface area contributed by atoms with Gasteiger partial charge in [0.15, 0.2) is 0 Å². The predicted molar refractivity (Wildman–Crippen MR) is 158 cm³/mol. The number of imidazole rings is 1. The van der Waals surface area contributed by atoms with Crippen molar-refractivity contribution in [3.8, 4) is 0 Å². The summed E-state index contributed by atoms with van der Waals surface area (Å²) in [6.45, 7) is 1.99. The molecule has 0 aliphatic carbocycles. The maximum atomic E-state index is 15.0. The van der Waals surface area contributed by atoms with Gasteiger partial charge in [0.05, 0.1) is 16.6 Å². The molecule has 0 bridgehead atoms. The van der Waals surface area contributed by atoms with Crippen LogP contribution in [0.5, 0.6) is 0 Å². The summed E-state index contributed by atoms with van der Waals surface area (Å²) < 4.78 is 31.9. The van der Waals surface area contributed by atoms with Crippen molar-refractivity contribution in [2.45, 2.75) is 6.92 Å². The average Bonchev–Trinajstić information content (AvgIpc) is 3.50. The van der Waals surface area contributed by atoms with E-state index in [4.69, 9.17) is 5.73 Å². The van der Waals surface area contributed by atoms with Gasteiger partial charge in [-0.25, -0.2) is 18.7 Å². The lowest BCUT2D eigenvalue weighted by molar-refractivity contribution is 0.0997. The zero-order valence-corrected chi connectivity index (χ0v) is 23.1. The number of amides is 2. The number of aryl methyl sites for hydroxylation is 2. The molecule has 14 heteroatoms. The minimum Gasteiger partial charge on any atom is -0.366 e. The van der Waals surface area contributed by atoms with E-state index in [0.29, 0.717) is 11.3 Å². The first-order valence-electron chi connectivity index (χ1n) is 12.9. The molecule has 6 aromatic rings. The van der Waals surface area contributed by atoms with Gasteiger partial charge in [-0.3, -0.25) is 19.6 Å². The third-order valence-electron chi connectivity index (χ3n) is 7.02. The van der Waals surface area contributed by atoms with E-state index in [-0.39, 0.29) is 28.7 Å². The van der Waals surface area contributed by atoms with Crippen LogP contribution in [0.3, 0.4) is 0 Å². The number of aromatic amines is 1.